The van der Waals surface area contributed by atoms with Crippen molar-refractivity contribution < 1.29 is 4.79 Å². The van der Waals surface area contributed by atoms with Crippen LogP contribution >= 0.6 is 11.8 Å². The van der Waals surface area contributed by atoms with Crippen LogP contribution in [0.5, 0.6) is 0 Å². The van der Waals surface area contributed by atoms with Crippen LogP contribution in [0.15, 0.2) is 30.3 Å². The van der Waals surface area contributed by atoms with Crippen LogP contribution in [0.25, 0.3) is 0 Å². The minimum absolute atomic E-state index is 0.0459. The summed E-state index contributed by atoms with van der Waals surface area (Å²) < 4.78 is 0. The van der Waals surface area contributed by atoms with Crippen LogP contribution in [0.1, 0.15) is 44.3 Å². The Hall–Kier alpha value is -1.00. The number of hydrogen-bond donors (Lipinski definition) is 1. The number of benzene rings is 1. The second-order valence-corrected chi connectivity index (χ2v) is 7.25. The van der Waals surface area contributed by atoms with Gasteiger partial charge in [-0.25, -0.2) is 0 Å². The van der Waals surface area contributed by atoms with Gasteiger partial charge in [0.05, 0.1) is 6.04 Å². The Morgan fingerprint density at radius 1 is 1.14 bits per heavy atom. The van der Waals surface area contributed by atoms with Gasteiger partial charge in [0.25, 0.3) is 0 Å². The molecule has 0 aromatic heterocycles. The zero-order valence-corrected chi connectivity index (χ0v) is 13.6. The lowest BCUT2D eigenvalue weighted by Gasteiger charge is -2.37. The van der Waals surface area contributed by atoms with Gasteiger partial charge in [0, 0.05) is 11.3 Å². The van der Waals surface area contributed by atoms with Crippen LogP contribution in [0.4, 0.5) is 0 Å². The summed E-state index contributed by atoms with van der Waals surface area (Å²) in [6.45, 7) is 1.98. The molecule has 0 radical (unpaired) electrons. The van der Waals surface area contributed by atoms with Crippen LogP contribution < -0.4 is 5.32 Å². The number of carbonyl (C=O) groups is 1. The topological polar surface area (TPSA) is 32.3 Å². The van der Waals surface area contributed by atoms with E-state index in [-0.39, 0.29) is 18.1 Å². The molecule has 21 heavy (non-hydrogen) atoms. The molecule has 1 aromatic rings. The molecular formula is C17H24N2OS. The Labute approximate surface area is 131 Å². The van der Waals surface area contributed by atoms with Crippen LogP contribution in [-0.2, 0) is 4.79 Å². The third-order valence-corrected chi connectivity index (χ3v) is 5.93. The zero-order valence-electron chi connectivity index (χ0n) is 12.8. The summed E-state index contributed by atoms with van der Waals surface area (Å²) in [5.41, 5.74) is 1.20. The number of nitrogens with zero attached hydrogens (tertiary/aromatic N) is 1. The average Bonchev–Trinajstić information content (AvgIpc) is 2.84. The Kier molecular flexibility index (Phi) is 4.55. The van der Waals surface area contributed by atoms with E-state index in [9.17, 15) is 4.79 Å². The van der Waals surface area contributed by atoms with Crippen LogP contribution in [0.2, 0.25) is 0 Å². The van der Waals surface area contributed by atoms with Crippen molar-refractivity contribution in [2.75, 3.05) is 6.26 Å². The summed E-state index contributed by atoms with van der Waals surface area (Å²) in [5.74, 6) is 0.261. The van der Waals surface area contributed by atoms with Crippen molar-refractivity contribution in [3.05, 3.63) is 35.9 Å². The lowest BCUT2D eigenvalue weighted by Crippen LogP contribution is -2.42. The molecule has 1 saturated carbocycles. The first kappa shape index (κ1) is 14.9. The molecule has 2 fully saturated rings. The van der Waals surface area contributed by atoms with E-state index in [1.54, 1.807) is 0 Å². The molecule has 1 aromatic carbocycles. The third kappa shape index (κ3) is 2.97. The van der Waals surface area contributed by atoms with E-state index < -0.39 is 0 Å². The predicted octanol–water partition coefficient (Wildman–Crippen LogP) is 3.18. The highest BCUT2D eigenvalue weighted by Gasteiger charge is 2.41. The molecular weight excluding hydrogens is 280 g/mol. The largest absolute Gasteiger partial charge is 0.319 e. The van der Waals surface area contributed by atoms with Gasteiger partial charge in [-0.1, -0.05) is 30.3 Å². The summed E-state index contributed by atoms with van der Waals surface area (Å²) in [6.07, 6.45) is 6.97. The van der Waals surface area contributed by atoms with Gasteiger partial charge in [0.2, 0.25) is 5.91 Å². The lowest BCUT2D eigenvalue weighted by molar-refractivity contribution is -0.132. The molecule has 0 spiro atoms. The molecule has 3 nitrogen and oxygen atoms in total. The van der Waals surface area contributed by atoms with Gasteiger partial charge >= 0.3 is 0 Å². The van der Waals surface area contributed by atoms with Crippen LogP contribution in [0, 0.1) is 0 Å². The molecule has 0 bridgehead atoms. The quantitative estimate of drug-likeness (QED) is 0.931. The Balaban J connectivity index is 1.79. The third-order valence-electron chi connectivity index (χ3n) is 4.80. The first-order chi connectivity index (χ1) is 10.2. The van der Waals surface area contributed by atoms with E-state index in [1.807, 2.05) is 36.9 Å². The highest BCUT2D eigenvalue weighted by atomic mass is 32.2. The van der Waals surface area contributed by atoms with E-state index in [1.165, 1.54) is 18.4 Å². The molecule has 1 aliphatic heterocycles. The molecule has 1 N–H and O–H groups in total. The van der Waals surface area contributed by atoms with E-state index in [2.05, 4.69) is 28.6 Å². The number of thioether (sulfide) groups is 1. The van der Waals surface area contributed by atoms with E-state index >= 15 is 0 Å². The first-order valence-corrected chi connectivity index (χ1v) is 9.15. The maximum absolute atomic E-state index is 12.6. The van der Waals surface area contributed by atoms with Crippen molar-refractivity contribution in [1.82, 2.24) is 10.2 Å². The van der Waals surface area contributed by atoms with E-state index in [4.69, 9.17) is 0 Å². The SMILES string of the molecule is CSC1CCC(N2C(=O)C(C)NC2c2ccccc2)CC1. The lowest BCUT2D eigenvalue weighted by atomic mass is 9.93. The highest BCUT2D eigenvalue weighted by Crippen LogP contribution is 2.35. The molecule has 1 heterocycles. The molecule has 1 amide bonds. The molecule has 1 saturated heterocycles. The monoisotopic (exact) mass is 304 g/mol. The minimum Gasteiger partial charge on any atom is -0.319 e. The summed E-state index contributed by atoms with van der Waals surface area (Å²) in [5, 5.41) is 4.24. The molecule has 2 aliphatic rings. The summed E-state index contributed by atoms with van der Waals surface area (Å²) >= 11 is 1.97. The van der Waals surface area contributed by atoms with E-state index in [0.29, 0.717) is 6.04 Å². The number of rotatable bonds is 3. The van der Waals surface area contributed by atoms with E-state index in [0.717, 1.165) is 18.1 Å². The maximum atomic E-state index is 12.6. The molecule has 4 heteroatoms. The fourth-order valence-electron chi connectivity index (χ4n) is 3.58. The van der Waals surface area contributed by atoms with Gasteiger partial charge in [-0.3, -0.25) is 10.1 Å². The summed E-state index contributed by atoms with van der Waals surface area (Å²) in [4.78, 5) is 14.7. The molecule has 114 valence electrons. The Bertz CT molecular complexity index is 485. The van der Waals surface area contributed by atoms with Gasteiger partial charge in [-0.2, -0.15) is 11.8 Å². The van der Waals surface area contributed by atoms with Gasteiger partial charge in [0.15, 0.2) is 0 Å². The fraction of sp³-hybridized carbons (Fsp3) is 0.588. The normalized spacial score (nSPS) is 33.4. The number of hydrogen-bond acceptors (Lipinski definition) is 3. The molecule has 2 atom stereocenters. The number of amides is 1. The zero-order chi connectivity index (χ0) is 14.8. The first-order valence-electron chi connectivity index (χ1n) is 7.86. The Morgan fingerprint density at radius 3 is 2.43 bits per heavy atom. The second kappa shape index (κ2) is 6.41. The highest BCUT2D eigenvalue weighted by molar-refractivity contribution is 7.99. The van der Waals surface area contributed by atoms with Crippen LogP contribution in [-0.4, -0.2) is 34.4 Å². The van der Waals surface area contributed by atoms with Crippen LogP contribution in [0.3, 0.4) is 0 Å². The molecule has 2 unspecified atom stereocenters. The maximum Gasteiger partial charge on any atom is 0.241 e. The van der Waals surface area contributed by atoms with Gasteiger partial charge in [0.1, 0.15) is 6.17 Å². The van der Waals surface area contributed by atoms with Crippen molar-refractivity contribution in [3.63, 3.8) is 0 Å². The minimum atomic E-state index is -0.0755. The number of carbonyl (C=O) groups excluding carboxylic acids is 1. The smallest absolute Gasteiger partial charge is 0.241 e. The van der Waals surface area contributed by atoms with Gasteiger partial charge in [-0.05, 0) is 44.4 Å². The fourth-order valence-corrected chi connectivity index (χ4v) is 4.32. The molecule has 1 aliphatic carbocycles. The summed E-state index contributed by atoms with van der Waals surface area (Å²) in [7, 11) is 0. The predicted molar refractivity (Wildman–Crippen MR) is 88.2 cm³/mol. The number of nitrogens with one attached hydrogen (secondary N) is 1. The standard InChI is InChI=1S/C17H24N2OS/c1-12-17(20)19(14-8-10-15(21-2)11-9-14)16(18-12)13-6-4-3-5-7-13/h3-7,12,14-16,18H,8-11H2,1-2H3. The summed E-state index contributed by atoms with van der Waals surface area (Å²) in [6, 6.07) is 10.7. The molecule has 3 rings (SSSR count). The van der Waals surface area contributed by atoms with Crippen molar-refractivity contribution in [2.24, 2.45) is 0 Å². The average molecular weight is 304 g/mol. The van der Waals surface area contributed by atoms with Crippen molar-refractivity contribution in [3.8, 4) is 0 Å². The van der Waals surface area contributed by atoms with Crippen molar-refractivity contribution in [1.29, 1.82) is 0 Å². The second-order valence-electron chi connectivity index (χ2n) is 6.11. The Morgan fingerprint density at radius 2 is 1.81 bits per heavy atom. The van der Waals surface area contributed by atoms with Crippen molar-refractivity contribution >= 4 is 17.7 Å². The van der Waals surface area contributed by atoms with Gasteiger partial charge < -0.3 is 4.90 Å². The van der Waals surface area contributed by atoms with Gasteiger partial charge in [-0.15, -0.1) is 0 Å². The van der Waals surface area contributed by atoms with Crippen molar-refractivity contribution in [2.45, 2.75) is 56.1 Å².